The number of benzene rings is 13. The normalized spacial score (nSPS) is 12.8. The summed E-state index contributed by atoms with van der Waals surface area (Å²) in [5.41, 5.74) is 14.2. The lowest BCUT2D eigenvalue weighted by Crippen LogP contribution is -2.18. The molecule has 0 spiro atoms. The van der Waals surface area contributed by atoms with E-state index >= 15 is 0 Å². The molecule has 15 rings (SSSR count). The van der Waals surface area contributed by atoms with Gasteiger partial charge >= 0.3 is 0 Å². The Morgan fingerprint density at radius 3 is 1.46 bits per heavy atom. The molecule has 1 heterocycles. The molecular weight excluding hydrogens is 913 g/mol. The summed E-state index contributed by atoms with van der Waals surface area (Å²) in [6.07, 6.45) is 0. The Balaban J connectivity index is 0.929. The van der Waals surface area contributed by atoms with Crippen LogP contribution in [0.2, 0.25) is 0 Å². The van der Waals surface area contributed by atoms with Crippen molar-refractivity contribution in [3.8, 4) is 22.3 Å². The number of rotatable bonds is 7. The van der Waals surface area contributed by atoms with E-state index in [0.717, 1.165) is 34.1 Å². The van der Waals surface area contributed by atoms with Crippen molar-refractivity contribution in [3.63, 3.8) is 0 Å². The third kappa shape index (κ3) is 6.43. The maximum atomic E-state index is 2.53. The largest absolute Gasteiger partial charge is 0.310 e. The monoisotopic (exact) mass is 960 g/mol. The van der Waals surface area contributed by atoms with E-state index in [-0.39, 0.29) is 5.41 Å². The van der Waals surface area contributed by atoms with Crippen LogP contribution >= 0.6 is 11.3 Å². The summed E-state index contributed by atoms with van der Waals surface area (Å²) in [5.74, 6) is 0. The van der Waals surface area contributed by atoms with E-state index in [2.05, 4.69) is 278 Å². The van der Waals surface area contributed by atoms with Crippen molar-refractivity contribution in [2.75, 3.05) is 9.80 Å². The zero-order chi connectivity index (χ0) is 49.1. The lowest BCUT2D eigenvalue weighted by Gasteiger charge is -2.30. The summed E-state index contributed by atoms with van der Waals surface area (Å²) in [6.45, 7) is 4.82. The van der Waals surface area contributed by atoms with Crippen LogP contribution in [-0.4, -0.2) is 0 Å². The van der Waals surface area contributed by atoms with Crippen LogP contribution in [0.4, 0.5) is 34.1 Å². The van der Waals surface area contributed by atoms with Gasteiger partial charge in [-0.3, -0.25) is 0 Å². The molecule has 0 fully saturated rings. The molecule has 0 bridgehead atoms. The summed E-state index contributed by atoms with van der Waals surface area (Å²) in [7, 11) is 0. The molecule has 13 aromatic carbocycles. The van der Waals surface area contributed by atoms with Gasteiger partial charge in [-0.2, -0.15) is 0 Å². The Morgan fingerprint density at radius 1 is 0.284 bits per heavy atom. The predicted molar refractivity (Wildman–Crippen MR) is 319 cm³/mol. The highest BCUT2D eigenvalue weighted by Gasteiger charge is 2.37. The highest BCUT2D eigenvalue weighted by molar-refractivity contribution is 7.26. The number of nitrogens with zero attached hydrogens (tertiary/aromatic N) is 2. The summed E-state index contributed by atoms with van der Waals surface area (Å²) >= 11 is 1.89. The molecule has 0 saturated heterocycles. The molecule has 3 heteroatoms. The predicted octanol–water partition coefficient (Wildman–Crippen LogP) is 20.7. The van der Waals surface area contributed by atoms with Crippen molar-refractivity contribution in [3.05, 3.63) is 266 Å². The second-order valence-corrected chi connectivity index (χ2v) is 21.4. The molecule has 0 unspecified atom stereocenters. The maximum Gasteiger partial charge on any atom is 0.0540 e. The van der Waals surface area contributed by atoms with Crippen LogP contribution in [-0.2, 0) is 5.41 Å². The Bertz CT molecular complexity index is 4560. The summed E-state index contributed by atoms with van der Waals surface area (Å²) in [6, 6.07) is 94.8. The van der Waals surface area contributed by atoms with Crippen LogP contribution in [0.25, 0.3) is 96.3 Å². The molecule has 1 aromatic heterocycles. The lowest BCUT2D eigenvalue weighted by atomic mass is 9.82. The van der Waals surface area contributed by atoms with Gasteiger partial charge in [0, 0.05) is 64.7 Å². The number of hydrogen-bond donors (Lipinski definition) is 0. The van der Waals surface area contributed by atoms with E-state index in [1.807, 2.05) is 11.3 Å². The van der Waals surface area contributed by atoms with Gasteiger partial charge in [-0.1, -0.05) is 202 Å². The topological polar surface area (TPSA) is 6.48 Å². The molecule has 0 atom stereocenters. The number of para-hydroxylation sites is 1. The van der Waals surface area contributed by atoms with E-state index in [1.165, 1.54) is 107 Å². The second kappa shape index (κ2) is 16.5. The average molecular weight is 961 g/mol. The summed E-state index contributed by atoms with van der Waals surface area (Å²) in [4.78, 5) is 4.95. The summed E-state index contributed by atoms with van der Waals surface area (Å²) < 4.78 is 2.64. The number of fused-ring (bicyclic) bond motifs is 14. The van der Waals surface area contributed by atoms with Crippen LogP contribution in [0.1, 0.15) is 25.0 Å². The van der Waals surface area contributed by atoms with Crippen LogP contribution in [0.5, 0.6) is 0 Å². The van der Waals surface area contributed by atoms with Crippen molar-refractivity contribution < 1.29 is 0 Å². The van der Waals surface area contributed by atoms with Gasteiger partial charge in [-0.15, -0.1) is 11.3 Å². The van der Waals surface area contributed by atoms with Gasteiger partial charge < -0.3 is 9.80 Å². The van der Waals surface area contributed by atoms with Crippen molar-refractivity contribution in [2.24, 2.45) is 0 Å². The standard InChI is InChI=1S/C71H48N2S/c1-71(2)65-43-48(72(46-20-4-3-5-21-46)67-32-16-19-45-18-6-7-22-50(45)67)35-38-58(65)59-39-36-49(44-66(59)71)73(47-34-37-57-53-25-9-8-23-51(53)52-24-10-11-27-55(52)64(57)42-47)68-41-40-56(54-26-12-13-28-60(54)68)62-30-17-31-63-61-29-14-15-33-69(61)74-70(62)63/h3-44H,1-2H3. The van der Waals surface area contributed by atoms with Gasteiger partial charge in [-0.25, -0.2) is 0 Å². The Labute approximate surface area is 434 Å². The quantitative estimate of drug-likeness (QED) is 0.147. The Hall–Kier alpha value is -9.02. The zero-order valence-corrected chi connectivity index (χ0v) is 41.9. The molecule has 0 radical (unpaired) electrons. The van der Waals surface area contributed by atoms with E-state index < -0.39 is 0 Å². The third-order valence-corrected chi connectivity index (χ3v) is 17.2. The molecule has 348 valence electrons. The highest BCUT2D eigenvalue weighted by Crippen LogP contribution is 2.54. The first kappa shape index (κ1) is 42.6. The van der Waals surface area contributed by atoms with Crippen molar-refractivity contribution in [1.29, 1.82) is 0 Å². The SMILES string of the molecule is CC1(C)c2cc(N(c3ccccc3)c3cccc4ccccc34)ccc2-c2ccc(N(c3ccc4c5ccccc5c5ccccc5c4c3)c3ccc(-c4cccc5c4sc4ccccc45)c4ccccc34)cc21. The van der Waals surface area contributed by atoms with E-state index in [1.54, 1.807) is 0 Å². The highest BCUT2D eigenvalue weighted by atomic mass is 32.1. The molecule has 1 aliphatic rings. The van der Waals surface area contributed by atoms with Crippen LogP contribution in [0.3, 0.4) is 0 Å². The Morgan fingerprint density at radius 2 is 0.757 bits per heavy atom. The fourth-order valence-electron chi connectivity index (χ4n) is 12.5. The third-order valence-electron chi connectivity index (χ3n) is 16.0. The number of thiophene rings is 1. The first-order valence-electron chi connectivity index (χ1n) is 25.7. The van der Waals surface area contributed by atoms with E-state index in [4.69, 9.17) is 0 Å². The molecule has 0 amide bonds. The average Bonchev–Trinajstić information content (AvgIpc) is 3.95. The minimum absolute atomic E-state index is 0.309. The molecule has 14 aromatic rings. The van der Waals surface area contributed by atoms with E-state index in [0.29, 0.717) is 0 Å². The van der Waals surface area contributed by atoms with Crippen molar-refractivity contribution in [2.45, 2.75) is 19.3 Å². The molecule has 0 aliphatic heterocycles. The first-order valence-corrected chi connectivity index (χ1v) is 26.5. The molecular formula is C71H48N2S. The second-order valence-electron chi connectivity index (χ2n) is 20.4. The number of hydrogen-bond acceptors (Lipinski definition) is 3. The van der Waals surface area contributed by atoms with Crippen LogP contribution in [0, 0.1) is 0 Å². The minimum Gasteiger partial charge on any atom is -0.310 e. The zero-order valence-electron chi connectivity index (χ0n) is 41.1. The Kier molecular flexibility index (Phi) is 9.51. The smallest absolute Gasteiger partial charge is 0.0540 e. The van der Waals surface area contributed by atoms with E-state index in [9.17, 15) is 0 Å². The molecule has 0 N–H and O–H groups in total. The molecule has 2 nitrogen and oxygen atoms in total. The van der Waals surface area contributed by atoms with Gasteiger partial charge in [0.05, 0.1) is 11.4 Å². The van der Waals surface area contributed by atoms with Crippen LogP contribution < -0.4 is 9.80 Å². The van der Waals surface area contributed by atoms with Gasteiger partial charge in [0.1, 0.15) is 0 Å². The summed E-state index contributed by atoms with van der Waals surface area (Å²) in [5, 5.41) is 15.1. The molecule has 0 saturated carbocycles. The van der Waals surface area contributed by atoms with Crippen molar-refractivity contribution in [1.82, 2.24) is 0 Å². The van der Waals surface area contributed by atoms with Gasteiger partial charge in [-0.05, 0) is 138 Å². The van der Waals surface area contributed by atoms with Gasteiger partial charge in [0.25, 0.3) is 0 Å². The molecule has 74 heavy (non-hydrogen) atoms. The van der Waals surface area contributed by atoms with Gasteiger partial charge in [0.15, 0.2) is 0 Å². The lowest BCUT2D eigenvalue weighted by molar-refractivity contribution is 0.660. The minimum atomic E-state index is -0.309. The first-order chi connectivity index (χ1) is 36.5. The maximum absolute atomic E-state index is 2.53. The van der Waals surface area contributed by atoms with Crippen LogP contribution in [0.15, 0.2) is 255 Å². The van der Waals surface area contributed by atoms with Crippen molar-refractivity contribution >= 4 is 119 Å². The number of anilines is 6. The fraction of sp³-hybridized carbons (Fsp3) is 0.0423. The van der Waals surface area contributed by atoms with Gasteiger partial charge in [0.2, 0.25) is 0 Å². The molecule has 1 aliphatic carbocycles. The fourth-order valence-corrected chi connectivity index (χ4v) is 13.8.